The number of anilines is 1. The smallest absolute Gasteiger partial charge is 0.274 e. The molecular formula is C12H13FN2O2. The molecule has 0 saturated carbocycles. The van der Waals surface area contributed by atoms with Crippen LogP contribution in [-0.2, 0) is 4.79 Å². The van der Waals surface area contributed by atoms with E-state index in [0.29, 0.717) is 30.6 Å². The van der Waals surface area contributed by atoms with Crippen molar-refractivity contribution in [1.29, 1.82) is 0 Å². The van der Waals surface area contributed by atoms with Crippen molar-refractivity contribution >= 4 is 17.3 Å². The van der Waals surface area contributed by atoms with Gasteiger partial charge in [0.2, 0.25) is 0 Å². The van der Waals surface area contributed by atoms with Crippen LogP contribution in [0, 0.1) is 5.82 Å². The third-order valence-corrected chi connectivity index (χ3v) is 2.54. The van der Waals surface area contributed by atoms with Gasteiger partial charge >= 0.3 is 0 Å². The number of aliphatic imine (C=N–C) groups is 1. The molecule has 0 aromatic heterocycles. The highest BCUT2D eigenvalue weighted by molar-refractivity contribution is 6.53. The molecule has 0 unspecified atom stereocenters. The number of nitrogens with one attached hydrogen (secondary N) is 1. The molecule has 0 atom stereocenters. The van der Waals surface area contributed by atoms with Gasteiger partial charge in [-0.05, 0) is 31.0 Å². The predicted molar refractivity (Wildman–Crippen MR) is 62.8 cm³/mol. The van der Waals surface area contributed by atoms with Gasteiger partial charge in [0.15, 0.2) is 0 Å². The number of rotatable bonds is 4. The van der Waals surface area contributed by atoms with Gasteiger partial charge in [-0.15, -0.1) is 0 Å². The third kappa shape index (κ3) is 2.50. The van der Waals surface area contributed by atoms with Gasteiger partial charge in [0.25, 0.3) is 5.91 Å². The summed E-state index contributed by atoms with van der Waals surface area (Å²) in [5.74, 6) is -0.682. The van der Waals surface area contributed by atoms with E-state index in [-0.39, 0.29) is 24.0 Å². The lowest BCUT2D eigenvalue weighted by atomic mass is 10.1. The van der Waals surface area contributed by atoms with Crippen molar-refractivity contribution in [3.8, 4) is 0 Å². The van der Waals surface area contributed by atoms with E-state index in [2.05, 4.69) is 10.3 Å². The number of hydrogen-bond donors (Lipinski definition) is 2. The summed E-state index contributed by atoms with van der Waals surface area (Å²) >= 11 is 0. The normalized spacial score (nSPS) is 16.1. The van der Waals surface area contributed by atoms with Gasteiger partial charge in [0.1, 0.15) is 11.5 Å². The van der Waals surface area contributed by atoms with Crippen LogP contribution >= 0.6 is 0 Å². The molecule has 0 spiro atoms. The fourth-order valence-corrected chi connectivity index (χ4v) is 1.70. The zero-order valence-corrected chi connectivity index (χ0v) is 9.24. The number of carbonyl (C=O) groups excluding carboxylic acids is 1. The fraction of sp³-hybridized carbons (Fsp3) is 0.333. The van der Waals surface area contributed by atoms with Gasteiger partial charge in [-0.1, -0.05) is 0 Å². The average Bonchev–Trinajstić information content (AvgIpc) is 2.61. The van der Waals surface area contributed by atoms with Gasteiger partial charge in [-0.2, -0.15) is 0 Å². The first kappa shape index (κ1) is 11.7. The Morgan fingerprint density at radius 3 is 2.94 bits per heavy atom. The SMILES string of the molecule is O=C1Nc2ccc(F)cc2C1=NCCCCO. The third-order valence-electron chi connectivity index (χ3n) is 2.54. The number of fused-ring (bicyclic) bond motifs is 1. The lowest BCUT2D eigenvalue weighted by Crippen LogP contribution is -2.14. The molecule has 5 heteroatoms. The molecule has 1 aromatic carbocycles. The van der Waals surface area contributed by atoms with Gasteiger partial charge in [-0.3, -0.25) is 9.79 Å². The monoisotopic (exact) mass is 236 g/mol. The minimum atomic E-state index is -0.386. The van der Waals surface area contributed by atoms with Crippen LogP contribution in [0.4, 0.5) is 10.1 Å². The van der Waals surface area contributed by atoms with Crippen molar-refractivity contribution in [1.82, 2.24) is 0 Å². The van der Waals surface area contributed by atoms with Crippen LogP contribution < -0.4 is 5.32 Å². The largest absolute Gasteiger partial charge is 0.396 e. The van der Waals surface area contributed by atoms with E-state index in [1.165, 1.54) is 18.2 Å². The number of carbonyl (C=O) groups is 1. The quantitative estimate of drug-likeness (QED) is 0.775. The average molecular weight is 236 g/mol. The topological polar surface area (TPSA) is 61.7 Å². The first-order chi connectivity index (χ1) is 8.22. The Kier molecular flexibility index (Phi) is 3.49. The van der Waals surface area contributed by atoms with Crippen molar-refractivity contribution in [3.63, 3.8) is 0 Å². The molecule has 1 aliphatic rings. The van der Waals surface area contributed by atoms with Crippen molar-refractivity contribution < 1.29 is 14.3 Å². The molecule has 1 aromatic rings. The Morgan fingerprint density at radius 2 is 2.18 bits per heavy atom. The number of benzene rings is 1. The first-order valence-corrected chi connectivity index (χ1v) is 5.49. The van der Waals surface area contributed by atoms with E-state index in [4.69, 9.17) is 5.11 Å². The first-order valence-electron chi connectivity index (χ1n) is 5.49. The van der Waals surface area contributed by atoms with Gasteiger partial charge < -0.3 is 10.4 Å². The molecule has 2 rings (SSSR count). The standard InChI is InChI=1S/C12H13FN2O2/c13-8-3-4-10-9(7-8)11(12(17)15-10)14-5-1-2-6-16/h3-4,7,16H,1-2,5-6H2,(H,14,15,17). The molecular weight excluding hydrogens is 223 g/mol. The molecule has 1 aliphatic heterocycles. The van der Waals surface area contributed by atoms with E-state index < -0.39 is 0 Å². The molecule has 0 radical (unpaired) electrons. The summed E-state index contributed by atoms with van der Waals surface area (Å²) in [6.45, 7) is 0.571. The molecule has 1 amide bonds. The highest BCUT2D eigenvalue weighted by Gasteiger charge is 2.25. The van der Waals surface area contributed by atoms with Crippen molar-refractivity contribution in [2.75, 3.05) is 18.5 Å². The highest BCUT2D eigenvalue weighted by atomic mass is 19.1. The van der Waals surface area contributed by atoms with Crippen molar-refractivity contribution in [2.24, 2.45) is 4.99 Å². The maximum absolute atomic E-state index is 13.1. The number of aliphatic hydroxyl groups excluding tert-OH is 1. The molecule has 17 heavy (non-hydrogen) atoms. The maximum atomic E-state index is 13.1. The second-order valence-corrected chi connectivity index (χ2v) is 3.81. The summed E-state index contributed by atoms with van der Waals surface area (Å²) < 4.78 is 13.1. The van der Waals surface area contributed by atoms with Crippen LogP contribution in [0.5, 0.6) is 0 Å². The lowest BCUT2D eigenvalue weighted by Gasteiger charge is -1.98. The molecule has 4 nitrogen and oxygen atoms in total. The summed E-state index contributed by atoms with van der Waals surface area (Å²) in [6.07, 6.45) is 1.35. The number of nitrogens with zero attached hydrogens (tertiary/aromatic N) is 1. The Morgan fingerprint density at radius 1 is 1.35 bits per heavy atom. The molecule has 0 bridgehead atoms. The predicted octanol–water partition coefficient (Wildman–Crippen LogP) is 1.34. The minimum absolute atomic E-state index is 0.113. The second-order valence-electron chi connectivity index (χ2n) is 3.81. The lowest BCUT2D eigenvalue weighted by molar-refractivity contribution is -0.110. The number of aliphatic hydroxyl groups is 1. The number of unbranched alkanes of at least 4 members (excludes halogenated alkanes) is 1. The van der Waals surface area contributed by atoms with E-state index in [9.17, 15) is 9.18 Å². The zero-order chi connectivity index (χ0) is 12.3. The zero-order valence-electron chi connectivity index (χ0n) is 9.24. The Balaban J connectivity index is 2.19. The number of hydrogen-bond acceptors (Lipinski definition) is 3. The summed E-state index contributed by atoms with van der Waals surface area (Å²) in [6, 6.07) is 4.13. The van der Waals surface area contributed by atoms with Crippen LogP contribution in [0.2, 0.25) is 0 Å². The number of amides is 1. The summed E-state index contributed by atoms with van der Waals surface area (Å²) in [5, 5.41) is 11.3. The minimum Gasteiger partial charge on any atom is -0.396 e. The van der Waals surface area contributed by atoms with E-state index in [0.717, 1.165) is 0 Å². The van der Waals surface area contributed by atoms with Crippen LogP contribution in [0.3, 0.4) is 0 Å². The van der Waals surface area contributed by atoms with E-state index >= 15 is 0 Å². The Hall–Kier alpha value is -1.75. The summed E-state index contributed by atoms with van der Waals surface area (Å²) in [7, 11) is 0. The number of halogens is 1. The van der Waals surface area contributed by atoms with E-state index in [1.54, 1.807) is 0 Å². The van der Waals surface area contributed by atoms with Crippen LogP contribution in [0.1, 0.15) is 18.4 Å². The van der Waals surface area contributed by atoms with Crippen LogP contribution in [0.15, 0.2) is 23.2 Å². The van der Waals surface area contributed by atoms with Crippen LogP contribution in [-0.4, -0.2) is 29.9 Å². The fourth-order valence-electron chi connectivity index (χ4n) is 1.70. The molecule has 0 fully saturated rings. The van der Waals surface area contributed by atoms with E-state index in [1.807, 2.05) is 0 Å². The highest BCUT2D eigenvalue weighted by Crippen LogP contribution is 2.24. The summed E-state index contributed by atoms with van der Waals surface area (Å²) in [4.78, 5) is 15.7. The van der Waals surface area contributed by atoms with Crippen molar-refractivity contribution in [2.45, 2.75) is 12.8 Å². The van der Waals surface area contributed by atoms with Gasteiger partial charge in [0.05, 0.1) is 5.69 Å². The second kappa shape index (κ2) is 5.05. The molecule has 0 aliphatic carbocycles. The van der Waals surface area contributed by atoms with Crippen molar-refractivity contribution in [3.05, 3.63) is 29.6 Å². The summed E-state index contributed by atoms with van der Waals surface area (Å²) in [5.41, 5.74) is 1.38. The van der Waals surface area contributed by atoms with Crippen LogP contribution in [0.25, 0.3) is 0 Å². The van der Waals surface area contributed by atoms with Gasteiger partial charge in [0, 0.05) is 18.7 Å². The van der Waals surface area contributed by atoms with Gasteiger partial charge in [-0.25, -0.2) is 4.39 Å². The maximum Gasteiger partial charge on any atom is 0.274 e. The Bertz CT molecular complexity index is 472. The Labute approximate surface area is 98.2 Å². The molecule has 90 valence electrons. The molecule has 0 saturated heterocycles. The molecule has 1 heterocycles. The molecule has 2 N–H and O–H groups in total.